The highest BCUT2D eigenvalue weighted by Crippen LogP contribution is 2.32. The average Bonchev–Trinajstić information content (AvgIpc) is 2.90. The maximum Gasteiger partial charge on any atom is 0.165 e. The fraction of sp³-hybridized carbons (Fsp3) is 0.474. The van der Waals surface area contributed by atoms with Crippen LogP contribution in [0.3, 0.4) is 0 Å². The van der Waals surface area contributed by atoms with Crippen LogP contribution >= 0.6 is 0 Å². The van der Waals surface area contributed by atoms with E-state index in [0.717, 1.165) is 5.57 Å². The van der Waals surface area contributed by atoms with Crippen LogP contribution in [0.25, 0.3) is 6.08 Å². The number of aliphatic hydroxyl groups is 3. The van der Waals surface area contributed by atoms with Crippen molar-refractivity contribution in [1.29, 1.82) is 0 Å². The van der Waals surface area contributed by atoms with Crippen LogP contribution in [0.1, 0.15) is 31.7 Å². The molecule has 0 unspecified atom stereocenters. The standard InChI is InChI=1S/C19H25FO6S/c1-2-12(7-13-4-5-16(23)15(20)8-13)3-6-17(24)19-14(9-21)11-27(25,26)18(19)10-22/h4-5,7-8,17-18,21-24H,2-3,6,9-11H2,1H3/b12-7+/t17-,18+/m1/s1. The van der Waals surface area contributed by atoms with Crippen LogP contribution in [-0.4, -0.2) is 59.2 Å². The van der Waals surface area contributed by atoms with E-state index < -0.39 is 46.0 Å². The third kappa shape index (κ3) is 4.95. The average molecular weight is 400 g/mol. The first kappa shape index (κ1) is 21.6. The third-order valence-corrected chi connectivity index (χ3v) is 6.84. The van der Waals surface area contributed by atoms with Gasteiger partial charge in [-0.05, 0) is 48.1 Å². The molecule has 0 saturated heterocycles. The second kappa shape index (κ2) is 8.97. The first-order valence-corrected chi connectivity index (χ1v) is 10.5. The SMILES string of the molecule is CC/C(=C\c1ccc(O)c(F)c1)CC[C@@H](O)C1=C(CO)CS(=O)(=O)[C@H]1CO. The van der Waals surface area contributed by atoms with Gasteiger partial charge in [-0.2, -0.15) is 0 Å². The van der Waals surface area contributed by atoms with E-state index in [1.165, 1.54) is 12.1 Å². The molecule has 0 spiro atoms. The number of aromatic hydroxyl groups is 1. The van der Waals surface area contributed by atoms with E-state index in [2.05, 4.69) is 0 Å². The lowest BCUT2D eigenvalue weighted by Crippen LogP contribution is -2.29. The first-order valence-electron chi connectivity index (χ1n) is 8.74. The molecule has 0 fully saturated rings. The number of benzene rings is 1. The number of hydrogen-bond acceptors (Lipinski definition) is 6. The van der Waals surface area contributed by atoms with Crippen LogP contribution in [0.15, 0.2) is 34.9 Å². The maximum absolute atomic E-state index is 13.5. The molecule has 1 aromatic carbocycles. The van der Waals surface area contributed by atoms with Crippen molar-refractivity contribution in [3.63, 3.8) is 0 Å². The number of halogens is 1. The molecular weight excluding hydrogens is 375 g/mol. The molecular formula is C19H25FO6S. The summed E-state index contributed by atoms with van der Waals surface area (Å²) in [5.74, 6) is -1.51. The largest absolute Gasteiger partial charge is 0.505 e. The molecule has 0 bridgehead atoms. The molecule has 4 N–H and O–H groups in total. The Hall–Kier alpha value is -1.74. The summed E-state index contributed by atoms with van der Waals surface area (Å²) in [6.07, 6.45) is 1.94. The Bertz CT molecular complexity index is 844. The smallest absolute Gasteiger partial charge is 0.165 e. The Balaban J connectivity index is 2.15. The van der Waals surface area contributed by atoms with Crippen molar-refractivity contribution in [2.45, 2.75) is 37.5 Å². The predicted octanol–water partition coefficient (Wildman–Crippen LogP) is 1.54. The molecule has 1 aliphatic rings. The molecule has 6 nitrogen and oxygen atoms in total. The summed E-state index contributed by atoms with van der Waals surface area (Å²) in [6, 6.07) is 4.04. The summed E-state index contributed by atoms with van der Waals surface area (Å²) in [7, 11) is -3.62. The normalized spacial score (nSPS) is 20.9. The molecule has 150 valence electrons. The summed E-state index contributed by atoms with van der Waals surface area (Å²) < 4.78 is 37.6. The maximum atomic E-state index is 13.5. The highest BCUT2D eigenvalue weighted by Gasteiger charge is 2.40. The van der Waals surface area contributed by atoms with E-state index in [-0.39, 0.29) is 23.3 Å². The van der Waals surface area contributed by atoms with Crippen molar-refractivity contribution in [2.75, 3.05) is 19.0 Å². The summed E-state index contributed by atoms with van der Waals surface area (Å²) in [5, 5.41) is 37.4. The van der Waals surface area contributed by atoms with E-state index in [9.17, 15) is 33.2 Å². The number of rotatable bonds is 8. The molecule has 2 atom stereocenters. The minimum absolute atomic E-state index is 0.186. The van der Waals surface area contributed by atoms with Gasteiger partial charge in [-0.15, -0.1) is 0 Å². The summed E-state index contributed by atoms with van der Waals surface area (Å²) >= 11 is 0. The minimum Gasteiger partial charge on any atom is -0.505 e. The molecule has 27 heavy (non-hydrogen) atoms. The van der Waals surface area contributed by atoms with Crippen LogP contribution in [-0.2, 0) is 9.84 Å². The number of allylic oxidation sites excluding steroid dienone is 1. The van der Waals surface area contributed by atoms with Crippen molar-refractivity contribution in [3.8, 4) is 5.75 Å². The van der Waals surface area contributed by atoms with E-state index in [1.54, 1.807) is 12.1 Å². The van der Waals surface area contributed by atoms with Crippen molar-refractivity contribution < 1.29 is 33.2 Å². The Morgan fingerprint density at radius 1 is 1.37 bits per heavy atom. The molecule has 0 amide bonds. The van der Waals surface area contributed by atoms with E-state index in [0.29, 0.717) is 18.4 Å². The molecule has 0 radical (unpaired) electrons. The lowest BCUT2D eigenvalue weighted by atomic mass is 9.94. The molecule has 1 heterocycles. The van der Waals surface area contributed by atoms with Gasteiger partial charge in [-0.3, -0.25) is 0 Å². The Kier molecular flexibility index (Phi) is 7.16. The van der Waals surface area contributed by atoms with Crippen LogP contribution in [0.2, 0.25) is 0 Å². The van der Waals surface area contributed by atoms with E-state index in [1.807, 2.05) is 6.92 Å². The van der Waals surface area contributed by atoms with Gasteiger partial charge in [-0.1, -0.05) is 24.6 Å². The van der Waals surface area contributed by atoms with Crippen molar-refractivity contribution in [1.82, 2.24) is 0 Å². The quantitative estimate of drug-likeness (QED) is 0.492. The number of hydrogen-bond donors (Lipinski definition) is 4. The second-order valence-corrected chi connectivity index (χ2v) is 8.80. The van der Waals surface area contributed by atoms with Gasteiger partial charge in [0.25, 0.3) is 0 Å². The molecule has 0 saturated carbocycles. The Labute approximate surface area is 158 Å². The van der Waals surface area contributed by atoms with Gasteiger partial charge < -0.3 is 20.4 Å². The van der Waals surface area contributed by atoms with E-state index >= 15 is 0 Å². The van der Waals surface area contributed by atoms with E-state index in [4.69, 9.17) is 0 Å². The zero-order chi connectivity index (χ0) is 20.2. The molecule has 8 heteroatoms. The third-order valence-electron chi connectivity index (χ3n) is 4.82. The van der Waals surface area contributed by atoms with Crippen molar-refractivity contribution >= 4 is 15.9 Å². The monoisotopic (exact) mass is 400 g/mol. The highest BCUT2D eigenvalue weighted by atomic mass is 32.2. The molecule has 2 rings (SSSR count). The van der Waals surface area contributed by atoms with Crippen LogP contribution in [0, 0.1) is 5.82 Å². The van der Waals surface area contributed by atoms with Gasteiger partial charge in [0.2, 0.25) is 0 Å². The molecule has 1 aromatic rings. The van der Waals surface area contributed by atoms with Gasteiger partial charge in [-0.25, -0.2) is 12.8 Å². The van der Waals surface area contributed by atoms with Gasteiger partial charge in [0.05, 0.1) is 25.1 Å². The van der Waals surface area contributed by atoms with Crippen LogP contribution in [0.4, 0.5) is 4.39 Å². The number of phenolic OH excluding ortho intramolecular Hbond substituents is 1. The predicted molar refractivity (Wildman–Crippen MR) is 100 cm³/mol. The van der Waals surface area contributed by atoms with Gasteiger partial charge in [0, 0.05) is 0 Å². The van der Waals surface area contributed by atoms with Crippen molar-refractivity contribution in [2.24, 2.45) is 0 Å². The number of phenols is 1. The lowest BCUT2D eigenvalue weighted by molar-refractivity contribution is 0.186. The zero-order valence-electron chi connectivity index (χ0n) is 15.1. The summed E-state index contributed by atoms with van der Waals surface area (Å²) in [4.78, 5) is 0. The van der Waals surface area contributed by atoms with Gasteiger partial charge in [0.15, 0.2) is 21.4 Å². The zero-order valence-corrected chi connectivity index (χ0v) is 15.9. The molecule has 1 aliphatic heterocycles. The summed E-state index contributed by atoms with van der Waals surface area (Å²) in [5.41, 5.74) is 1.91. The fourth-order valence-electron chi connectivity index (χ4n) is 3.32. The van der Waals surface area contributed by atoms with Gasteiger partial charge in [0.1, 0.15) is 5.25 Å². The van der Waals surface area contributed by atoms with Gasteiger partial charge >= 0.3 is 0 Å². The van der Waals surface area contributed by atoms with Crippen LogP contribution in [0.5, 0.6) is 5.75 Å². The highest BCUT2D eigenvalue weighted by molar-refractivity contribution is 7.92. The topological polar surface area (TPSA) is 115 Å². The first-order chi connectivity index (χ1) is 12.7. The minimum atomic E-state index is -3.62. The number of sulfone groups is 1. The van der Waals surface area contributed by atoms with Crippen molar-refractivity contribution in [3.05, 3.63) is 46.3 Å². The lowest BCUT2D eigenvalue weighted by Gasteiger charge is -2.19. The Morgan fingerprint density at radius 2 is 2.07 bits per heavy atom. The summed E-state index contributed by atoms with van der Waals surface area (Å²) in [6.45, 7) is 0.789. The Morgan fingerprint density at radius 3 is 2.63 bits per heavy atom. The fourth-order valence-corrected chi connectivity index (χ4v) is 5.21. The second-order valence-electron chi connectivity index (χ2n) is 6.62. The van der Waals surface area contributed by atoms with Crippen LogP contribution < -0.4 is 0 Å². The number of aliphatic hydroxyl groups excluding tert-OH is 3. The molecule has 0 aromatic heterocycles. The molecule has 0 aliphatic carbocycles.